The molecule has 3 heteroatoms. The van der Waals surface area contributed by atoms with Gasteiger partial charge in [-0.15, -0.1) is 0 Å². The fraction of sp³-hybridized carbons (Fsp3) is 0.667. The van der Waals surface area contributed by atoms with E-state index in [-0.39, 0.29) is 5.41 Å². The Kier molecular flexibility index (Phi) is 8.85. The Morgan fingerprint density at radius 2 is 1.50 bits per heavy atom. The highest BCUT2D eigenvalue weighted by Gasteiger charge is 2.38. The first kappa shape index (κ1) is 20.5. The van der Waals surface area contributed by atoms with Crippen molar-refractivity contribution in [1.82, 2.24) is 4.90 Å². The zero-order valence-electron chi connectivity index (χ0n) is 16.0. The SMILES string of the molecule is CC.CC.N#CC1(c2ccc(N)cc2)CCN(C2CCCC2)CC1. The molecule has 1 aliphatic carbocycles. The minimum absolute atomic E-state index is 0.303. The van der Waals surface area contributed by atoms with Crippen LogP contribution in [0.2, 0.25) is 0 Å². The predicted molar refractivity (Wildman–Crippen MR) is 104 cm³/mol. The lowest BCUT2D eigenvalue weighted by atomic mass is 9.73. The zero-order chi connectivity index (χ0) is 18.0. The van der Waals surface area contributed by atoms with Crippen LogP contribution < -0.4 is 5.73 Å². The van der Waals surface area contributed by atoms with Crippen LogP contribution in [0.5, 0.6) is 0 Å². The maximum Gasteiger partial charge on any atom is 0.0846 e. The lowest BCUT2D eigenvalue weighted by molar-refractivity contribution is 0.135. The molecule has 2 N–H and O–H groups in total. The molecule has 3 rings (SSSR count). The molecule has 1 saturated heterocycles. The summed E-state index contributed by atoms with van der Waals surface area (Å²) in [5.41, 5.74) is 7.36. The second-order valence-corrected chi connectivity index (χ2v) is 6.29. The fourth-order valence-electron chi connectivity index (χ4n) is 3.81. The quantitative estimate of drug-likeness (QED) is 0.766. The van der Waals surface area contributed by atoms with Crippen LogP contribution in [0.4, 0.5) is 5.69 Å². The van der Waals surface area contributed by atoms with Crippen LogP contribution >= 0.6 is 0 Å². The van der Waals surface area contributed by atoms with Crippen molar-refractivity contribution in [3.8, 4) is 6.07 Å². The van der Waals surface area contributed by atoms with Crippen LogP contribution in [-0.2, 0) is 5.41 Å². The number of hydrogen-bond acceptors (Lipinski definition) is 3. The molecule has 1 heterocycles. The van der Waals surface area contributed by atoms with Crippen LogP contribution in [0.3, 0.4) is 0 Å². The van der Waals surface area contributed by atoms with Crippen LogP contribution in [0.15, 0.2) is 24.3 Å². The molecule has 0 radical (unpaired) electrons. The van der Waals surface area contributed by atoms with Crippen LogP contribution in [0.25, 0.3) is 0 Å². The van der Waals surface area contributed by atoms with Crippen molar-refractivity contribution < 1.29 is 0 Å². The van der Waals surface area contributed by atoms with Gasteiger partial charge in [0, 0.05) is 24.8 Å². The molecule has 0 atom stereocenters. The molecule has 1 aromatic rings. The standard InChI is InChI=1S/C17H23N3.2C2H6/c18-13-17(14-5-7-15(19)8-6-14)9-11-20(12-10-17)16-3-1-2-4-16;2*1-2/h5-8,16H,1-4,9-12,19H2;2*1-2H3. The molecule has 0 aromatic heterocycles. The monoisotopic (exact) mass is 329 g/mol. The molecule has 0 amide bonds. The zero-order valence-corrected chi connectivity index (χ0v) is 16.0. The van der Waals surface area contributed by atoms with Gasteiger partial charge in [0.15, 0.2) is 0 Å². The Balaban J connectivity index is 0.000000671. The van der Waals surface area contributed by atoms with E-state index >= 15 is 0 Å². The molecule has 0 unspecified atom stereocenters. The van der Waals surface area contributed by atoms with Gasteiger partial charge in [0.25, 0.3) is 0 Å². The van der Waals surface area contributed by atoms with Crippen molar-refractivity contribution in [2.45, 2.75) is 77.7 Å². The number of rotatable bonds is 2. The highest BCUT2D eigenvalue weighted by atomic mass is 15.2. The van der Waals surface area contributed by atoms with Crippen molar-refractivity contribution in [1.29, 1.82) is 5.26 Å². The number of nitriles is 1. The van der Waals surface area contributed by atoms with Gasteiger partial charge in [-0.1, -0.05) is 52.7 Å². The molecule has 24 heavy (non-hydrogen) atoms. The fourth-order valence-corrected chi connectivity index (χ4v) is 3.81. The third-order valence-corrected chi connectivity index (χ3v) is 5.17. The molecule has 0 bridgehead atoms. The van der Waals surface area contributed by atoms with E-state index < -0.39 is 0 Å². The predicted octanol–water partition coefficient (Wildman–Crippen LogP) is 5.12. The number of likely N-dealkylation sites (tertiary alicyclic amines) is 1. The number of benzene rings is 1. The number of nitrogens with zero attached hydrogens (tertiary/aromatic N) is 2. The molecule has 2 aliphatic rings. The van der Waals surface area contributed by atoms with Crippen LogP contribution in [0.1, 0.15) is 71.8 Å². The summed E-state index contributed by atoms with van der Waals surface area (Å²) in [5.74, 6) is 0. The van der Waals surface area contributed by atoms with Gasteiger partial charge in [0.1, 0.15) is 0 Å². The normalized spacial score (nSPS) is 20.1. The average molecular weight is 330 g/mol. The second-order valence-electron chi connectivity index (χ2n) is 6.29. The smallest absolute Gasteiger partial charge is 0.0846 e. The van der Waals surface area contributed by atoms with Crippen molar-refractivity contribution >= 4 is 5.69 Å². The first-order valence-electron chi connectivity index (χ1n) is 9.75. The Hall–Kier alpha value is -1.53. The maximum atomic E-state index is 9.72. The lowest BCUT2D eigenvalue weighted by Crippen LogP contribution is -2.45. The van der Waals surface area contributed by atoms with E-state index in [9.17, 15) is 5.26 Å². The number of nitrogen functional groups attached to an aromatic ring is 1. The van der Waals surface area contributed by atoms with Gasteiger partial charge in [0.2, 0.25) is 0 Å². The van der Waals surface area contributed by atoms with Crippen molar-refractivity contribution in [2.24, 2.45) is 0 Å². The van der Waals surface area contributed by atoms with Crippen LogP contribution in [0, 0.1) is 11.3 Å². The molecule has 1 aliphatic heterocycles. The van der Waals surface area contributed by atoms with Crippen molar-refractivity contribution in [3.63, 3.8) is 0 Å². The van der Waals surface area contributed by atoms with Crippen molar-refractivity contribution in [2.75, 3.05) is 18.8 Å². The Bertz CT molecular complexity index is 487. The van der Waals surface area contributed by atoms with E-state index in [1.165, 1.54) is 25.7 Å². The number of nitrogens with two attached hydrogens (primary N) is 1. The van der Waals surface area contributed by atoms with Gasteiger partial charge in [-0.2, -0.15) is 5.26 Å². The van der Waals surface area contributed by atoms with E-state index in [0.29, 0.717) is 0 Å². The molecule has 1 aromatic carbocycles. The van der Waals surface area contributed by atoms with E-state index in [2.05, 4.69) is 11.0 Å². The highest BCUT2D eigenvalue weighted by Crippen LogP contribution is 2.37. The summed E-state index contributed by atoms with van der Waals surface area (Å²) < 4.78 is 0. The van der Waals surface area contributed by atoms with E-state index in [1.54, 1.807) is 0 Å². The second kappa shape index (κ2) is 10.4. The Morgan fingerprint density at radius 3 is 1.96 bits per heavy atom. The lowest BCUT2D eigenvalue weighted by Gasteiger charge is -2.40. The third-order valence-electron chi connectivity index (χ3n) is 5.17. The van der Waals surface area contributed by atoms with Crippen molar-refractivity contribution in [3.05, 3.63) is 29.8 Å². The number of anilines is 1. The number of piperidine rings is 1. The highest BCUT2D eigenvalue weighted by molar-refractivity contribution is 5.43. The van der Waals surface area contributed by atoms with Gasteiger partial charge in [-0.05, 0) is 43.4 Å². The van der Waals surface area contributed by atoms with Crippen LogP contribution in [-0.4, -0.2) is 24.0 Å². The van der Waals surface area contributed by atoms with Gasteiger partial charge >= 0.3 is 0 Å². The number of hydrogen-bond donors (Lipinski definition) is 1. The summed E-state index contributed by atoms with van der Waals surface area (Å²) in [4.78, 5) is 2.61. The average Bonchev–Trinajstić information content (AvgIpc) is 3.20. The van der Waals surface area contributed by atoms with E-state index in [4.69, 9.17) is 5.73 Å². The summed E-state index contributed by atoms with van der Waals surface area (Å²) in [6, 6.07) is 11.3. The minimum Gasteiger partial charge on any atom is -0.399 e. The van der Waals surface area contributed by atoms with Gasteiger partial charge < -0.3 is 10.6 Å². The largest absolute Gasteiger partial charge is 0.399 e. The van der Waals surface area contributed by atoms with Gasteiger partial charge in [-0.25, -0.2) is 0 Å². The molecule has 0 spiro atoms. The maximum absolute atomic E-state index is 9.72. The molecule has 2 fully saturated rings. The summed E-state index contributed by atoms with van der Waals surface area (Å²) in [6.07, 6.45) is 7.35. The Labute approximate surface area is 148 Å². The molecule has 134 valence electrons. The summed E-state index contributed by atoms with van der Waals surface area (Å²) in [7, 11) is 0. The van der Waals surface area contributed by atoms with Gasteiger partial charge in [0.05, 0.1) is 11.5 Å². The molecule has 1 saturated carbocycles. The third kappa shape index (κ3) is 4.74. The minimum atomic E-state index is -0.303. The summed E-state index contributed by atoms with van der Waals surface area (Å²) in [5, 5.41) is 9.72. The first-order valence-corrected chi connectivity index (χ1v) is 9.75. The van der Waals surface area contributed by atoms with Gasteiger partial charge in [-0.3, -0.25) is 0 Å². The summed E-state index contributed by atoms with van der Waals surface area (Å²) in [6.45, 7) is 10.1. The van der Waals surface area contributed by atoms with E-state index in [1.807, 2.05) is 52.0 Å². The molecule has 3 nitrogen and oxygen atoms in total. The molecular weight excluding hydrogens is 294 g/mol. The first-order chi connectivity index (χ1) is 11.7. The van der Waals surface area contributed by atoms with E-state index in [0.717, 1.165) is 43.2 Å². The topological polar surface area (TPSA) is 53.1 Å². The summed E-state index contributed by atoms with van der Waals surface area (Å²) >= 11 is 0. The Morgan fingerprint density at radius 1 is 1.00 bits per heavy atom. The molecular formula is C21H35N3.